The highest BCUT2D eigenvalue weighted by molar-refractivity contribution is 7.14. The molecule has 0 radical (unpaired) electrons. The minimum Gasteiger partial charge on any atom is -0.266 e. The average molecular weight is 316 g/mol. The third-order valence-corrected chi connectivity index (χ3v) is 4.68. The van der Waals surface area contributed by atoms with Crippen molar-refractivity contribution in [2.45, 2.75) is 40.0 Å². The van der Waals surface area contributed by atoms with Gasteiger partial charge in [0, 0.05) is 11.6 Å². The molecular weight excluding hydrogens is 296 g/mol. The van der Waals surface area contributed by atoms with Gasteiger partial charge in [0.1, 0.15) is 5.69 Å². The van der Waals surface area contributed by atoms with E-state index in [4.69, 9.17) is 0 Å². The fourth-order valence-corrected chi connectivity index (χ4v) is 2.86. The minimum absolute atomic E-state index is 0.00512. The molecule has 116 valence electrons. The number of amides is 1. The van der Waals surface area contributed by atoms with Crippen LogP contribution in [-0.4, -0.2) is 21.6 Å². The van der Waals surface area contributed by atoms with Gasteiger partial charge in [0.05, 0.1) is 21.3 Å². The lowest BCUT2D eigenvalue weighted by Gasteiger charge is -2.13. The molecule has 0 aliphatic carbocycles. The number of hydrogen-bond donors (Lipinski definition) is 1. The molecule has 0 fully saturated rings. The van der Waals surface area contributed by atoms with E-state index in [1.54, 1.807) is 35.7 Å². The molecule has 0 spiro atoms. The summed E-state index contributed by atoms with van der Waals surface area (Å²) in [7, 11) is 0. The van der Waals surface area contributed by atoms with Crippen LogP contribution in [-0.2, 0) is 5.41 Å². The molecule has 0 atom stereocenters. The Morgan fingerprint density at radius 2 is 2.05 bits per heavy atom. The van der Waals surface area contributed by atoms with Gasteiger partial charge in [0.15, 0.2) is 0 Å². The van der Waals surface area contributed by atoms with Crippen LogP contribution in [0.2, 0.25) is 0 Å². The standard InChI is InChI=1S/C16H20N4OS/c1-10-13(22-15(18-10)16(3,4)5)11(2)19-20-14(21)12-8-6-7-9-17-12/h6-9H,1-5H3,(H,20,21)/b19-11+. The number of aromatic nitrogens is 2. The number of aryl methyl sites for hydroxylation is 1. The molecule has 2 heterocycles. The van der Waals surface area contributed by atoms with E-state index in [-0.39, 0.29) is 11.3 Å². The Kier molecular flexibility index (Phi) is 4.71. The van der Waals surface area contributed by atoms with Crippen LogP contribution in [0.15, 0.2) is 29.5 Å². The van der Waals surface area contributed by atoms with Crippen LogP contribution in [0.25, 0.3) is 0 Å². The summed E-state index contributed by atoms with van der Waals surface area (Å²) in [5, 5.41) is 5.24. The van der Waals surface area contributed by atoms with Gasteiger partial charge in [-0.25, -0.2) is 10.4 Å². The topological polar surface area (TPSA) is 67.2 Å². The van der Waals surface area contributed by atoms with Gasteiger partial charge in [0.25, 0.3) is 5.91 Å². The first kappa shape index (κ1) is 16.3. The lowest BCUT2D eigenvalue weighted by Crippen LogP contribution is -2.20. The van der Waals surface area contributed by atoms with E-state index in [9.17, 15) is 4.79 Å². The lowest BCUT2D eigenvalue weighted by molar-refractivity contribution is 0.0950. The molecule has 0 unspecified atom stereocenters. The van der Waals surface area contributed by atoms with Crippen molar-refractivity contribution in [2.24, 2.45) is 5.10 Å². The number of pyridine rings is 1. The van der Waals surface area contributed by atoms with Crippen LogP contribution in [0.4, 0.5) is 0 Å². The molecular formula is C16H20N4OS. The maximum absolute atomic E-state index is 11.9. The number of carbonyl (C=O) groups is 1. The number of carbonyl (C=O) groups excluding carboxylic acids is 1. The van der Waals surface area contributed by atoms with E-state index in [1.165, 1.54) is 0 Å². The third kappa shape index (κ3) is 3.76. The number of rotatable bonds is 3. The van der Waals surface area contributed by atoms with Crippen LogP contribution < -0.4 is 5.43 Å². The van der Waals surface area contributed by atoms with Crippen molar-refractivity contribution in [1.82, 2.24) is 15.4 Å². The van der Waals surface area contributed by atoms with E-state index in [0.29, 0.717) is 5.69 Å². The van der Waals surface area contributed by atoms with Gasteiger partial charge < -0.3 is 0 Å². The Morgan fingerprint density at radius 1 is 1.32 bits per heavy atom. The first-order valence-electron chi connectivity index (χ1n) is 7.03. The minimum atomic E-state index is -0.321. The predicted molar refractivity (Wildman–Crippen MR) is 89.5 cm³/mol. The summed E-state index contributed by atoms with van der Waals surface area (Å²) < 4.78 is 0. The number of hydrazone groups is 1. The van der Waals surface area contributed by atoms with Crippen LogP contribution in [0, 0.1) is 6.92 Å². The lowest BCUT2D eigenvalue weighted by atomic mass is 9.98. The Bertz CT molecular complexity index is 699. The fraction of sp³-hybridized carbons (Fsp3) is 0.375. The quantitative estimate of drug-likeness (QED) is 0.698. The van der Waals surface area contributed by atoms with Crippen molar-refractivity contribution < 1.29 is 4.79 Å². The highest BCUT2D eigenvalue weighted by Crippen LogP contribution is 2.29. The van der Waals surface area contributed by atoms with E-state index >= 15 is 0 Å². The average Bonchev–Trinajstić information content (AvgIpc) is 2.87. The van der Waals surface area contributed by atoms with Crippen LogP contribution in [0.5, 0.6) is 0 Å². The summed E-state index contributed by atoms with van der Waals surface area (Å²) in [6, 6.07) is 5.18. The molecule has 1 amide bonds. The summed E-state index contributed by atoms with van der Waals surface area (Å²) >= 11 is 1.61. The molecule has 5 nitrogen and oxygen atoms in total. The number of nitrogens with one attached hydrogen (secondary N) is 1. The van der Waals surface area contributed by atoms with Crippen molar-refractivity contribution in [1.29, 1.82) is 0 Å². The summed E-state index contributed by atoms with van der Waals surface area (Å²) in [6.45, 7) is 10.2. The van der Waals surface area contributed by atoms with Crippen LogP contribution >= 0.6 is 11.3 Å². The molecule has 0 saturated carbocycles. The van der Waals surface area contributed by atoms with Crippen molar-refractivity contribution in [3.8, 4) is 0 Å². The van der Waals surface area contributed by atoms with Gasteiger partial charge in [-0.2, -0.15) is 5.10 Å². The molecule has 6 heteroatoms. The molecule has 0 bridgehead atoms. The second-order valence-corrected chi connectivity index (χ2v) is 7.04. The zero-order valence-electron chi connectivity index (χ0n) is 13.5. The van der Waals surface area contributed by atoms with Crippen molar-refractivity contribution in [3.63, 3.8) is 0 Å². The predicted octanol–water partition coefficient (Wildman–Crippen LogP) is 3.30. The van der Waals surface area contributed by atoms with Crippen LogP contribution in [0.1, 0.15) is 53.8 Å². The first-order chi connectivity index (χ1) is 10.3. The zero-order valence-corrected chi connectivity index (χ0v) is 14.3. The largest absolute Gasteiger partial charge is 0.289 e. The SMILES string of the molecule is C/C(=N\NC(=O)c1ccccn1)c1sc(C(C)(C)C)nc1C. The Labute approximate surface area is 134 Å². The Balaban J connectivity index is 2.16. The highest BCUT2D eigenvalue weighted by atomic mass is 32.1. The number of hydrogen-bond acceptors (Lipinski definition) is 5. The van der Waals surface area contributed by atoms with Gasteiger partial charge in [0.2, 0.25) is 0 Å². The maximum Gasteiger partial charge on any atom is 0.289 e. The second-order valence-electron chi connectivity index (χ2n) is 6.04. The molecule has 0 saturated heterocycles. The zero-order chi connectivity index (χ0) is 16.3. The smallest absolute Gasteiger partial charge is 0.266 e. The normalized spacial score (nSPS) is 12.3. The summed E-state index contributed by atoms with van der Waals surface area (Å²) in [5.41, 5.74) is 4.56. The van der Waals surface area contributed by atoms with E-state index in [2.05, 4.69) is 41.3 Å². The molecule has 22 heavy (non-hydrogen) atoms. The first-order valence-corrected chi connectivity index (χ1v) is 7.84. The number of thiazole rings is 1. The highest BCUT2D eigenvalue weighted by Gasteiger charge is 2.21. The molecule has 2 rings (SSSR count). The van der Waals surface area contributed by atoms with E-state index in [1.807, 2.05) is 13.8 Å². The second kappa shape index (κ2) is 6.36. The van der Waals surface area contributed by atoms with Crippen molar-refractivity contribution in [2.75, 3.05) is 0 Å². The Hall–Kier alpha value is -2.08. The molecule has 2 aromatic heterocycles. The van der Waals surface area contributed by atoms with Gasteiger partial charge in [-0.05, 0) is 26.0 Å². The van der Waals surface area contributed by atoms with Gasteiger partial charge in [-0.3, -0.25) is 9.78 Å². The molecule has 0 aliphatic rings. The van der Waals surface area contributed by atoms with E-state index in [0.717, 1.165) is 21.3 Å². The fourth-order valence-electron chi connectivity index (χ4n) is 1.79. The summed E-state index contributed by atoms with van der Waals surface area (Å²) in [6.07, 6.45) is 1.58. The molecule has 0 aromatic carbocycles. The molecule has 0 aliphatic heterocycles. The number of nitrogens with zero attached hydrogens (tertiary/aromatic N) is 3. The summed E-state index contributed by atoms with van der Waals surface area (Å²) in [4.78, 5) is 21.5. The molecule has 1 N–H and O–H groups in total. The van der Waals surface area contributed by atoms with Crippen LogP contribution in [0.3, 0.4) is 0 Å². The van der Waals surface area contributed by atoms with Gasteiger partial charge >= 0.3 is 0 Å². The summed E-state index contributed by atoms with van der Waals surface area (Å²) in [5.74, 6) is -0.321. The van der Waals surface area contributed by atoms with Gasteiger partial charge in [-0.15, -0.1) is 11.3 Å². The monoisotopic (exact) mass is 316 g/mol. The van der Waals surface area contributed by atoms with E-state index < -0.39 is 0 Å². The Morgan fingerprint density at radius 3 is 2.59 bits per heavy atom. The van der Waals surface area contributed by atoms with Gasteiger partial charge in [-0.1, -0.05) is 26.8 Å². The maximum atomic E-state index is 11.9. The molecule has 2 aromatic rings. The van der Waals surface area contributed by atoms with Crippen molar-refractivity contribution in [3.05, 3.63) is 45.7 Å². The third-order valence-electron chi connectivity index (χ3n) is 2.99. The van der Waals surface area contributed by atoms with Crippen molar-refractivity contribution >= 4 is 23.0 Å².